The van der Waals surface area contributed by atoms with Crippen LogP contribution in [0.25, 0.3) is 0 Å². The molecule has 0 amide bonds. The Bertz CT molecular complexity index is 381. The number of ether oxygens (including phenoxy) is 1. The van der Waals surface area contributed by atoms with Crippen LogP contribution in [0.3, 0.4) is 0 Å². The molecule has 0 aliphatic carbocycles. The minimum absolute atomic E-state index is 0.706. The lowest BCUT2D eigenvalue weighted by Gasteiger charge is -2.22. The summed E-state index contributed by atoms with van der Waals surface area (Å²) in [6.07, 6.45) is 5.35. The van der Waals surface area contributed by atoms with Gasteiger partial charge in [-0.05, 0) is 36.9 Å². The molecule has 3 heteroatoms. The molecule has 1 atom stereocenters. The number of thioether (sulfide) groups is 1. The summed E-state index contributed by atoms with van der Waals surface area (Å²) in [7, 11) is 1.71. The molecule has 2 nitrogen and oxygen atoms in total. The normalized spacial score (nSPS) is 12.4. The maximum atomic E-state index is 5.27. The highest BCUT2D eigenvalue weighted by molar-refractivity contribution is 7.99. The number of hydrogen-bond acceptors (Lipinski definition) is 3. The van der Waals surface area contributed by atoms with Crippen molar-refractivity contribution >= 4 is 11.8 Å². The molecule has 0 aliphatic heterocycles. The summed E-state index contributed by atoms with van der Waals surface area (Å²) in [6.45, 7) is 9.11. The van der Waals surface area contributed by atoms with Crippen molar-refractivity contribution in [3.63, 3.8) is 0 Å². The molecule has 19 heavy (non-hydrogen) atoms. The minimum atomic E-state index is 0.706. The fourth-order valence-corrected chi connectivity index (χ4v) is 2.27. The number of methoxy groups -OCH3 is 1. The third-order valence-electron chi connectivity index (χ3n) is 3.18. The van der Waals surface area contributed by atoms with Crippen molar-refractivity contribution in [1.29, 1.82) is 0 Å². The Balaban J connectivity index is 2.58. The van der Waals surface area contributed by atoms with Gasteiger partial charge in [-0.25, -0.2) is 0 Å². The highest BCUT2D eigenvalue weighted by atomic mass is 32.2. The lowest BCUT2D eigenvalue weighted by Crippen LogP contribution is -2.26. The number of rotatable bonds is 9. The molecule has 0 aliphatic rings. The summed E-state index contributed by atoms with van der Waals surface area (Å²) in [5, 5.41) is 0.706. The van der Waals surface area contributed by atoms with E-state index in [2.05, 4.69) is 36.8 Å². The summed E-state index contributed by atoms with van der Waals surface area (Å²) in [4.78, 5) is 2.43. The van der Waals surface area contributed by atoms with E-state index in [9.17, 15) is 0 Å². The second kappa shape index (κ2) is 9.05. The van der Waals surface area contributed by atoms with Crippen molar-refractivity contribution in [2.24, 2.45) is 0 Å². The molecule has 1 rings (SSSR count). The molecule has 0 heterocycles. The SMILES string of the molecule is C=CCN(CCC(C)SC)Cc1cccc(OC)c1. The second-order valence-electron chi connectivity index (χ2n) is 4.71. The Kier molecular flexibility index (Phi) is 7.68. The number of nitrogens with zero attached hydrogens (tertiary/aromatic N) is 1. The van der Waals surface area contributed by atoms with E-state index in [0.717, 1.165) is 25.4 Å². The van der Waals surface area contributed by atoms with Crippen LogP contribution in [0.15, 0.2) is 36.9 Å². The Hall–Kier alpha value is -0.930. The fourth-order valence-electron chi connectivity index (χ4n) is 1.93. The molecule has 1 unspecified atom stereocenters. The van der Waals surface area contributed by atoms with Crippen molar-refractivity contribution in [2.45, 2.75) is 25.1 Å². The molecule has 0 aromatic heterocycles. The average molecular weight is 279 g/mol. The third-order valence-corrected chi connectivity index (χ3v) is 4.22. The van der Waals surface area contributed by atoms with E-state index in [-0.39, 0.29) is 0 Å². The lowest BCUT2D eigenvalue weighted by atomic mass is 10.2. The van der Waals surface area contributed by atoms with Crippen molar-refractivity contribution in [3.05, 3.63) is 42.5 Å². The number of hydrogen-bond donors (Lipinski definition) is 0. The van der Waals surface area contributed by atoms with E-state index in [1.165, 1.54) is 12.0 Å². The smallest absolute Gasteiger partial charge is 0.119 e. The molecule has 0 radical (unpaired) electrons. The topological polar surface area (TPSA) is 12.5 Å². The fraction of sp³-hybridized carbons (Fsp3) is 0.500. The Morgan fingerprint density at radius 3 is 2.89 bits per heavy atom. The summed E-state index contributed by atoms with van der Waals surface area (Å²) in [5.41, 5.74) is 1.29. The molecular formula is C16H25NOS. The van der Waals surface area contributed by atoms with Crippen LogP contribution in [0.2, 0.25) is 0 Å². The van der Waals surface area contributed by atoms with Crippen molar-refractivity contribution in [1.82, 2.24) is 4.90 Å². The van der Waals surface area contributed by atoms with Gasteiger partial charge in [0.25, 0.3) is 0 Å². The third kappa shape index (κ3) is 6.17. The van der Waals surface area contributed by atoms with Crippen molar-refractivity contribution in [3.8, 4) is 5.75 Å². The van der Waals surface area contributed by atoms with E-state index in [1.807, 2.05) is 30.0 Å². The summed E-state index contributed by atoms with van der Waals surface area (Å²) in [6, 6.07) is 8.28. The van der Waals surface area contributed by atoms with E-state index >= 15 is 0 Å². The van der Waals surface area contributed by atoms with Gasteiger partial charge in [-0.2, -0.15) is 11.8 Å². The van der Waals surface area contributed by atoms with Crippen molar-refractivity contribution < 1.29 is 4.74 Å². The van der Waals surface area contributed by atoms with Crippen LogP contribution in [-0.4, -0.2) is 36.6 Å². The highest BCUT2D eigenvalue weighted by Crippen LogP contribution is 2.16. The predicted molar refractivity (Wildman–Crippen MR) is 86.1 cm³/mol. The Morgan fingerprint density at radius 1 is 1.47 bits per heavy atom. The average Bonchev–Trinajstić information content (AvgIpc) is 2.44. The maximum absolute atomic E-state index is 5.27. The van der Waals surface area contributed by atoms with Crippen LogP contribution in [0.4, 0.5) is 0 Å². The largest absolute Gasteiger partial charge is 0.497 e. The van der Waals surface area contributed by atoms with Crippen LogP contribution < -0.4 is 4.74 Å². The summed E-state index contributed by atoms with van der Waals surface area (Å²) >= 11 is 1.92. The first-order valence-corrected chi connectivity index (χ1v) is 7.97. The Labute approximate surface area is 121 Å². The first-order valence-electron chi connectivity index (χ1n) is 6.68. The van der Waals surface area contributed by atoms with Gasteiger partial charge in [-0.15, -0.1) is 6.58 Å². The van der Waals surface area contributed by atoms with Gasteiger partial charge in [0.05, 0.1) is 7.11 Å². The summed E-state index contributed by atoms with van der Waals surface area (Å²) in [5.74, 6) is 0.925. The minimum Gasteiger partial charge on any atom is -0.497 e. The molecule has 0 saturated heterocycles. The molecule has 0 bridgehead atoms. The zero-order valence-corrected chi connectivity index (χ0v) is 13.1. The van der Waals surface area contributed by atoms with Crippen LogP contribution in [0, 0.1) is 0 Å². The van der Waals surface area contributed by atoms with E-state index < -0.39 is 0 Å². The molecule has 0 saturated carbocycles. The molecule has 0 N–H and O–H groups in total. The van der Waals surface area contributed by atoms with Crippen molar-refractivity contribution in [2.75, 3.05) is 26.5 Å². The van der Waals surface area contributed by atoms with Gasteiger partial charge < -0.3 is 4.74 Å². The van der Waals surface area contributed by atoms with Crippen LogP contribution in [-0.2, 0) is 6.54 Å². The lowest BCUT2D eigenvalue weighted by molar-refractivity contribution is 0.290. The van der Waals surface area contributed by atoms with Crippen LogP contribution in [0.5, 0.6) is 5.75 Å². The van der Waals surface area contributed by atoms with Crippen LogP contribution in [0.1, 0.15) is 18.9 Å². The summed E-state index contributed by atoms with van der Waals surface area (Å²) < 4.78 is 5.27. The standard InChI is InChI=1S/C16H25NOS/c1-5-10-17(11-9-14(2)19-4)13-15-7-6-8-16(12-15)18-3/h5-8,12,14H,1,9-11,13H2,2-4H3. The molecule has 0 spiro atoms. The van der Waals surface area contributed by atoms with E-state index in [1.54, 1.807) is 7.11 Å². The first kappa shape index (κ1) is 16.1. The molecule has 1 aromatic rings. The maximum Gasteiger partial charge on any atom is 0.119 e. The highest BCUT2D eigenvalue weighted by Gasteiger charge is 2.07. The molecule has 0 fully saturated rings. The van der Waals surface area contributed by atoms with E-state index in [4.69, 9.17) is 4.74 Å². The molecule has 106 valence electrons. The first-order chi connectivity index (χ1) is 9.19. The molecular weight excluding hydrogens is 254 g/mol. The monoisotopic (exact) mass is 279 g/mol. The zero-order valence-electron chi connectivity index (χ0n) is 12.3. The van der Waals surface area contributed by atoms with Gasteiger partial charge >= 0.3 is 0 Å². The second-order valence-corrected chi connectivity index (χ2v) is 5.99. The predicted octanol–water partition coefficient (Wildman–Crippen LogP) is 3.82. The quantitative estimate of drug-likeness (QED) is 0.638. The van der Waals surface area contributed by atoms with Gasteiger partial charge in [0.2, 0.25) is 0 Å². The molecule has 1 aromatic carbocycles. The van der Waals surface area contributed by atoms with Gasteiger partial charge in [-0.3, -0.25) is 4.90 Å². The van der Waals surface area contributed by atoms with Gasteiger partial charge in [0.15, 0.2) is 0 Å². The van der Waals surface area contributed by atoms with Crippen LogP contribution >= 0.6 is 11.8 Å². The van der Waals surface area contributed by atoms with E-state index in [0.29, 0.717) is 5.25 Å². The Morgan fingerprint density at radius 2 is 2.26 bits per heavy atom. The zero-order chi connectivity index (χ0) is 14.1. The van der Waals surface area contributed by atoms with Gasteiger partial charge in [0, 0.05) is 18.3 Å². The number of benzene rings is 1. The van der Waals surface area contributed by atoms with Gasteiger partial charge in [0.1, 0.15) is 5.75 Å². The van der Waals surface area contributed by atoms with Gasteiger partial charge in [-0.1, -0.05) is 25.1 Å².